The molecule has 0 saturated carbocycles. The Morgan fingerprint density at radius 1 is 0.905 bits per heavy atom. The van der Waals surface area contributed by atoms with Crippen molar-refractivity contribution in [3.63, 3.8) is 0 Å². The molecule has 1 aliphatic rings. The van der Waals surface area contributed by atoms with Crippen LogP contribution < -0.4 is 0 Å². The fourth-order valence-corrected chi connectivity index (χ4v) is 2.29. The Labute approximate surface area is 130 Å². The molecule has 4 nitrogen and oxygen atoms in total. The van der Waals surface area contributed by atoms with E-state index in [1.807, 2.05) is 0 Å². The third-order valence-electron chi connectivity index (χ3n) is 3.63. The fourth-order valence-electron chi connectivity index (χ4n) is 2.29. The van der Waals surface area contributed by atoms with Crippen molar-refractivity contribution < 1.29 is 14.2 Å². The normalized spacial score (nSPS) is 17.6. The molecule has 124 valence electrons. The van der Waals surface area contributed by atoms with E-state index in [-0.39, 0.29) is 6.23 Å². The Hall–Kier alpha value is -0.770. The maximum absolute atomic E-state index is 5.69. The van der Waals surface area contributed by atoms with Crippen LogP contribution in [0.3, 0.4) is 0 Å². The number of nitrogens with zero attached hydrogens (tertiary/aromatic N) is 1. The third kappa shape index (κ3) is 9.72. The van der Waals surface area contributed by atoms with E-state index >= 15 is 0 Å². The van der Waals surface area contributed by atoms with E-state index in [0.717, 1.165) is 19.4 Å². The molecule has 0 aromatic heterocycles. The van der Waals surface area contributed by atoms with Crippen molar-refractivity contribution in [2.45, 2.75) is 84.3 Å². The maximum atomic E-state index is 5.69. The van der Waals surface area contributed by atoms with E-state index in [4.69, 9.17) is 14.2 Å². The molecule has 0 radical (unpaired) electrons. The van der Waals surface area contributed by atoms with Crippen molar-refractivity contribution in [3.8, 4) is 0 Å². The SMILES string of the molecule is CCCCCCCCOC1COC(OCCCCCC)=N1. The summed E-state index contributed by atoms with van der Waals surface area (Å²) in [6, 6.07) is 0. The van der Waals surface area contributed by atoms with Gasteiger partial charge in [-0.3, -0.25) is 0 Å². The van der Waals surface area contributed by atoms with Crippen molar-refractivity contribution in [2.75, 3.05) is 19.8 Å². The van der Waals surface area contributed by atoms with E-state index < -0.39 is 0 Å². The highest BCUT2D eigenvalue weighted by atomic mass is 16.7. The van der Waals surface area contributed by atoms with Gasteiger partial charge in [0.15, 0.2) is 6.23 Å². The second-order valence-corrected chi connectivity index (χ2v) is 5.71. The van der Waals surface area contributed by atoms with Gasteiger partial charge in [0.1, 0.15) is 6.61 Å². The summed E-state index contributed by atoms with van der Waals surface area (Å²) in [5.41, 5.74) is 0. The van der Waals surface area contributed by atoms with Crippen LogP contribution in [0.4, 0.5) is 0 Å². The quantitative estimate of drug-likeness (QED) is 0.464. The first kappa shape index (κ1) is 18.3. The van der Waals surface area contributed by atoms with Gasteiger partial charge < -0.3 is 14.2 Å². The van der Waals surface area contributed by atoms with Crippen LogP contribution in [0.1, 0.15) is 78.1 Å². The molecule has 0 aromatic rings. The van der Waals surface area contributed by atoms with Crippen LogP contribution >= 0.6 is 0 Å². The fraction of sp³-hybridized carbons (Fsp3) is 0.941. The highest BCUT2D eigenvalue weighted by Crippen LogP contribution is 2.10. The van der Waals surface area contributed by atoms with Crippen LogP contribution in [0.5, 0.6) is 0 Å². The van der Waals surface area contributed by atoms with Gasteiger partial charge in [0, 0.05) is 6.61 Å². The molecule has 1 unspecified atom stereocenters. The predicted molar refractivity (Wildman–Crippen MR) is 86.6 cm³/mol. The van der Waals surface area contributed by atoms with E-state index in [1.54, 1.807) is 0 Å². The first-order valence-corrected chi connectivity index (χ1v) is 8.81. The van der Waals surface area contributed by atoms with Gasteiger partial charge in [0.2, 0.25) is 0 Å². The Balaban J connectivity index is 1.94. The largest absolute Gasteiger partial charge is 0.451 e. The highest BCUT2D eigenvalue weighted by molar-refractivity contribution is 5.68. The summed E-state index contributed by atoms with van der Waals surface area (Å²) in [6.45, 7) is 6.41. The standard InChI is InChI=1S/C17H33NO3/c1-3-5-7-9-10-12-13-19-16-15-21-17(18-16)20-14-11-8-6-4-2/h16H,3-15H2,1-2H3. The molecule has 1 atom stereocenters. The molecule has 0 spiro atoms. The monoisotopic (exact) mass is 299 g/mol. The lowest BCUT2D eigenvalue weighted by Gasteiger charge is -2.06. The average molecular weight is 299 g/mol. The minimum atomic E-state index is -0.161. The highest BCUT2D eigenvalue weighted by Gasteiger charge is 2.20. The van der Waals surface area contributed by atoms with Crippen molar-refractivity contribution in [1.82, 2.24) is 0 Å². The van der Waals surface area contributed by atoms with Crippen LogP contribution in [-0.4, -0.2) is 32.1 Å². The second kappa shape index (κ2) is 12.9. The van der Waals surface area contributed by atoms with Crippen LogP contribution in [0, 0.1) is 0 Å². The number of hydrogen-bond donors (Lipinski definition) is 0. The van der Waals surface area contributed by atoms with Crippen molar-refractivity contribution in [3.05, 3.63) is 0 Å². The zero-order chi connectivity index (χ0) is 15.2. The molecular weight excluding hydrogens is 266 g/mol. The second-order valence-electron chi connectivity index (χ2n) is 5.71. The van der Waals surface area contributed by atoms with E-state index in [2.05, 4.69) is 18.8 Å². The molecule has 0 amide bonds. The lowest BCUT2D eigenvalue weighted by molar-refractivity contribution is 0.0357. The first-order valence-electron chi connectivity index (χ1n) is 8.81. The molecule has 21 heavy (non-hydrogen) atoms. The molecule has 1 rings (SSSR count). The molecule has 1 aliphatic heterocycles. The van der Waals surface area contributed by atoms with Gasteiger partial charge in [-0.05, 0) is 12.8 Å². The third-order valence-corrected chi connectivity index (χ3v) is 3.63. The average Bonchev–Trinajstić information content (AvgIpc) is 2.94. The molecule has 0 fully saturated rings. The summed E-state index contributed by atoms with van der Waals surface area (Å²) in [4.78, 5) is 4.30. The summed E-state index contributed by atoms with van der Waals surface area (Å²) >= 11 is 0. The lowest BCUT2D eigenvalue weighted by Crippen LogP contribution is -2.12. The van der Waals surface area contributed by atoms with Gasteiger partial charge >= 0.3 is 6.08 Å². The number of rotatable bonds is 13. The molecule has 4 heteroatoms. The van der Waals surface area contributed by atoms with Crippen molar-refractivity contribution >= 4 is 6.08 Å². The van der Waals surface area contributed by atoms with E-state index in [1.165, 1.54) is 51.4 Å². The van der Waals surface area contributed by atoms with Crippen LogP contribution in [0.25, 0.3) is 0 Å². The summed E-state index contributed by atoms with van der Waals surface area (Å²) in [7, 11) is 0. The molecular formula is C17H33NO3. The minimum absolute atomic E-state index is 0.161. The molecule has 0 saturated heterocycles. The number of aliphatic imine (C=N–C) groups is 1. The number of ether oxygens (including phenoxy) is 3. The summed E-state index contributed by atoms with van der Waals surface area (Å²) in [5, 5.41) is 0. The Morgan fingerprint density at radius 2 is 1.52 bits per heavy atom. The van der Waals surface area contributed by atoms with Crippen molar-refractivity contribution in [2.24, 2.45) is 4.99 Å². The van der Waals surface area contributed by atoms with E-state index in [0.29, 0.717) is 19.3 Å². The number of unbranched alkanes of at least 4 members (excludes halogenated alkanes) is 8. The van der Waals surface area contributed by atoms with Gasteiger partial charge in [0.25, 0.3) is 0 Å². The maximum Gasteiger partial charge on any atom is 0.386 e. The molecule has 0 aromatic carbocycles. The van der Waals surface area contributed by atoms with Crippen molar-refractivity contribution in [1.29, 1.82) is 0 Å². The predicted octanol–water partition coefficient (Wildman–Crippen LogP) is 4.67. The van der Waals surface area contributed by atoms with Gasteiger partial charge in [-0.2, -0.15) is 4.99 Å². The van der Waals surface area contributed by atoms with Crippen LogP contribution in [0.15, 0.2) is 4.99 Å². The Morgan fingerprint density at radius 3 is 2.29 bits per heavy atom. The summed E-state index contributed by atoms with van der Waals surface area (Å²) < 4.78 is 16.6. The smallest absolute Gasteiger partial charge is 0.386 e. The zero-order valence-corrected chi connectivity index (χ0v) is 13.9. The molecule has 0 N–H and O–H groups in total. The van der Waals surface area contributed by atoms with Gasteiger partial charge in [0.05, 0.1) is 6.61 Å². The Kier molecular flexibility index (Phi) is 11.3. The zero-order valence-electron chi connectivity index (χ0n) is 13.9. The summed E-state index contributed by atoms with van der Waals surface area (Å²) in [5.74, 6) is 0. The van der Waals surface area contributed by atoms with Gasteiger partial charge in [-0.15, -0.1) is 0 Å². The van der Waals surface area contributed by atoms with Gasteiger partial charge in [-0.1, -0.05) is 65.2 Å². The molecule has 0 aliphatic carbocycles. The van der Waals surface area contributed by atoms with Crippen LogP contribution in [-0.2, 0) is 14.2 Å². The van der Waals surface area contributed by atoms with Crippen LogP contribution in [0.2, 0.25) is 0 Å². The van der Waals surface area contributed by atoms with E-state index in [9.17, 15) is 0 Å². The summed E-state index contributed by atoms with van der Waals surface area (Å²) in [6.07, 6.45) is 12.7. The topological polar surface area (TPSA) is 40.0 Å². The number of hydrogen-bond acceptors (Lipinski definition) is 4. The molecule has 1 heterocycles. The molecule has 0 bridgehead atoms. The minimum Gasteiger partial charge on any atom is -0.451 e. The Bertz CT molecular complexity index is 269. The first-order chi connectivity index (χ1) is 10.4. The van der Waals surface area contributed by atoms with Gasteiger partial charge in [-0.25, -0.2) is 0 Å². The lowest BCUT2D eigenvalue weighted by atomic mass is 10.1.